The number of nitrogens with one attached hydrogen (secondary N) is 1. The van der Waals surface area contributed by atoms with Crippen LogP contribution in [0.1, 0.15) is 20.7 Å². The molecule has 29 heavy (non-hydrogen) atoms. The monoisotopic (exact) mass is 397 g/mol. The summed E-state index contributed by atoms with van der Waals surface area (Å²) < 4.78 is 9.37. The number of nitrogens with zero attached hydrogens (tertiary/aromatic N) is 2. The Morgan fingerprint density at radius 1 is 0.759 bits per heavy atom. The first-order valence-electron chi connectivity index (χ1n) is 9.19. The molecule has 8 heteroatoms. The van der Waals surface area contributed by atoms with E-state index < -0.39 is 5.97 Å². The van der Waals surface area contributed by atoms with Gasteiger partial charge < -0.3 is 24.6 Å². The fourth-order valence-corrected chi connectivity index (χ4v) is 3.10. The van der Waals surface area contributed by atoms with E-state index in [1.165, 1.54) is 14.2 Å². The van der Waals surface area contributed by atoms with Crippen LogP contribution in [0.5, 0.6) is 0 Å². The molecule has 0 spiro atoms. The van der Waals surface area contributed by atoms with Crippen LogP contribution in [-0.4, -0.2) is 63.3 Å². The molecule has 0 saturated carbocycles. The van der Waals surface area contributed by atoms with Crippen LogP contribution in [0.3, 0.4) is 0 Å². The molecule has 0 aliphatic carbocycles. The molecule has 3 rings (SSSR count). The maximum atomic E-state index is 12.5. The van der Waals surface area contributed by atoms with Gasteiger partial charge in [-0.05, 0) is 48.5 Å². The minimum atomic E-state index is -0.418. The highest BCUT2D eigenvalue weighted by molar-refractivity contribution is 5.92. The highest BCUT2D eigenvalue weighted by atomic mass is 16.5. The topological polar surface area (TPSA) is 88.2 Å². The van der Waals surface area contributed by atoms with Crippen molar-refractivity contribution in [2.24, 2.45) is 0 Å². The van der Waals surface area contributed by atoms with Gasteiger partial charge in [-0.15, -0.1) is 0 Å². The van der Waals surface area contributed by atoms with Crippen molar-refractivity contribution >= 4 is 29.3 Å². The number of rotatable bonds is 4. The first-order valence-corrected chi connectivity index (χ1v) is 9.19. The first-order chi connectivity index (χ1) is 14.0. The van der Waals surface area contributed by atoms with Crippen LogP contribution >= 0.6 is 0 Å². The maximum absolute atomic E-state index is 12.5. The molecular formula is C21H23N3O5. The molecule has 2 aromatic rings. The SMILES string of the molecule is COC(=O)c1ccc(NC(=O)N2CCN(c3ccc(C(=O)OC)cc3)CC2)cc1. The minimum absolute atomic E-state index is 0.184. The molecule has 1 heterocycles. The van der Waals surface area contributed by atoms with Crippen molar-refractivity contribution in [3.63, 3.8) is 0 Å². The largest absolute Gasteiger partial charge is 0.465 e. The minimum Gasteiger partial charge on any atom is -0.465 e. The number of benzene rings is 2. The summed E-state index contributed by atoms with van der Waals surface area (Å²) in [6, 6.07) is 13.6. The van der Waals surface area contributed by atoms with Crippen molar-refractivity contribution in [2.45, 2.75) is 0 Å². The highest BCUT2D eigenvalue weighted by Gasteiger charge is 2.21. The molecule has 0 atom stereocenters. The molecule has 1 saturated heterocycles. The molecular weight excluding hydrogens is 374 g/mol. The van der Waals surface area contributed by atoms with Crippen LogP contribution in [-0.2, 0) is 9.47 Å². The predicted molar refractivity (Wildman–Crippen MR) is 108 cm³/mol. The summed E-state index contributed by atoms with van der Waals surface area (Å²) in [7, 11) is 2.68. The number of ether oxygens (including phenoxy) is 2. The van der Waals surface area contributed by atoms with E-state index in [0.717, 1.165) is 5.69 Å². The molecule has 8 nitrogen and oxygen atoms in total. The number of anilines is 2. The standard InChI is InChI=1S/C21H23N3O5/c1-28-19(25)15-3-7-17(8-4-15)22-21(27)24-13-11-23(12-14-24)18-9-5-16(6-10-18)20(26)29-2/h3-10H,11-14H2,1-2H3,(H,22,27). The van der Waals surface area contributed by atoms with Gasteiger partial charge in [0.1, 0.15) is 0 Å². The van der Waals surface area contributed by atoms with Gasteiger partial charge in [0.2, 0.25) is 0 Å². The Hall–Kier alpha value is -3.55. The smallest absolute Gasteiger partial charge is 0.337 e. The first kappa shape index (κ1) is 20.2. The molecule has 2 aromatic carbocycles. The number of amides is 2. The lowest BCUT2D eigenvalue weighted by atomic mass is 10.2. The number of piperazine rings is 1. The zero-order chi connectivity index (χ0) is 20.8. The number of urea groups is 1. The summed E-state index contributed by atoms with van der Waals surface area (Å²) in [5, 5.41) is 2.84. The zero-order valence-corrected chi connectivity index (χ0v) is 16.4. The zero-order valence-electron chi connectivity index (χ0n) is 16.4. The van der Waals surface area contributed by atoms with E-state index in [1.54, 1.807) is 41.3 Å². The van der Waals surface area contributed by atoms with Gasteiger partial charge in [-0.3, -0.25) is 0 Å². The van der Waals surface area contributed by atoms with Crippen LogP contribution in [0.2, 0.25) is 0 Å². The summed E-state index contributed by atoms with van der Waals surface area (Å²) in [5.41, 5.74) is 2.55. The second-order valence-corrected chi connectivity index (χ2v) is 6.51. The Bertz CT molecular complexity index is 872. The van der Waals surface area contributed by atoms with E-state index in [0.29, 0.717) is 43.0 Å². The number of carbonyl (C=O) groups is 3. The van der Waals surface area contributed by atoms with E-state index in [1.807, 2.05) is 12.1 Å². The Balaban J connectivity index is 1.53. The molecule has 152 valence electrons. The van der Waals surface area contributed by atoms with Crippen LogP contribution < -0.4 is 10.2 Å². The quantitative estimate of drug-likeness (QED) is 0.798. The van der Waals surface area contributed by atoms with Crippen molar-refractivity contribution in [3.8, 4) is 0 Å². The van der Waals surface area contributed by atoms with E-state index >= 15 is 0 Å². The van der Waals surface area contributed by atoms with Crippen LogP contribution in [0.25, 0.3) is 0 Å². The van der Waals surface area contributed by atoms with Gasteiger partial charge in [-0.1, -0.05) is 0 Å². The molecule has 0 aromatic heterocycles. The summed E-state index contributed by atoms with van der Waals surface area (Å²) in [4.78, 5) is 39.4. The van der Waals surface area contributed by atoms with Crippen molar-refractivity contribution in [1.29, 1.82) is 0 Å². The lowest BCUT2D eigenvalue weighted by Crippen LogP contribution is -2.50. The lowest BCUT2D eigenvalue weighted by Gasteiger charge is -2.36. The summed E-state index contributed by atoms with van der Waals surface area (Å²) in [5.74, 6) is -0.781. The Kier molecular flexibility index (Phi) is 6.33. The van der Waals surface area contributed by atoms with E-state index in [-0.39, 0.29) is 12.0 Å². The van der Waals surface area contributed by atoms with Crippen molar-refractivity contribution in [2.75, 3.05) is 50.6 Å². The fraction of sp³-hybridized carbons (Fsp3) is 0.286. The average molecular weight is 397 g/mol. The number of hydrogen-bond acceptors (Lipinski definition) is 6. The second-order valence-electron chi connectivity index (χ2n) is 6.51. The van der Waals surface area contributed by atoms with Crippen LogP contribution in [0, 0.1) is 0 Å². The third-order valence-electron chi connectivity index (χ3n) is 4.78. The normalized spacial score (nSPS) is 13.6. The number of esters is 2. The Morgan fingerprint density at radius 3 is 1.72 bits per heavy atom. The van der Waals surface area contributed by atoms with Gasteiger partial charge in [0, 0.05) is 37.6 Å². The van der Waals surface area contributed by atoms with Gasteiger partial charge in [-0.25, -0.2) is 14.4 Å². The number of hydrogen-bond donors (Lipinski definition) is 1. The van der Waals surface area contributed by atoms with Crippen LogP contribution in [0.15, 0.2) is 48.5 Å². The number of methoxy groups -OCH3 is 2. The van der Waals surface area contributed by atoms with Crippen molar-refractivity contribution in [3.05, 3.63) is 59.7 Å². The van der Waals surface area contributed by atoms with Crippen molar-refractivity contribution in [1.82, 2.24) is 4.90 Å². The molecule has 1 N–H and O–H groups in total. The fourth-order valence-electron chi connectivity index (χ4n) is 3.10. The molecule has 0 bridgehead atoms. The van der Waals surface area contributed by atoms with Gasteiger partial charge in [0.05, 0.1) is 25.3 Å². The van der Waals surface area contributed by atoms with Gasteiger partial charge in [0.25, 0.3) is 0 Å². The number of carbonyl (C=O) groups excluding carboxylic acids is 3. The lowest BCUT2D eigenvalue weighted by molar-refractivity contribution is 0.0592. The Morgan fingerprint density at radius 2 is 1.24 bits per heavy atom. The van der Waals surface area contributed by atoms with Gasteiger partial charge >= 0.3 is 18.0 Å². The van der Waals surface area contributed by atoms with Gasteiger partial charge in [0.15, 0.2) is 0 Å². The summed E-state index contributed by atoms with van der Waals surface area (Å²) >= 11 is 0. The summed E-state index contributed by atoms with van der Waals surface area (Å²) in [6.07, 6.45) is 0. The third kappa shape index (κ3) is 4.84. The van der Waals surface area contributed by atoms with Crippen molar-refractivity contribution < 1.29 is 23.9 Å². The summed E-state index contributed by atoms with van der Waals surface area (Å²) in [6.45, 7) is 2.52. The average Bonchev–Trinajstić information content (AvgIpc) is 2.78. The predicted octanol–water partition coefficient (Wildman–Crippen LogP) is 2.61. The third-order valence-corrected chi connectivity index (χ3v) is 4.78. The molecule has 1 aliphatic heterocycles. The van der Waals surface area contributed by atoms with E-state index in [9.17, 15) is 14.4 Å². The van der Waals surface area contributed by atoms with E-state index in [2.05, 4.69) is 15.0 Å². The molecule has 1 aliphatic rings. The molecule has 2 amide bonds. The molecule has 0 unspecified atom stereocenters. The highest BCUT2D eigenvalue weighted by Crippen LogP contribution is 2.18. The molecule has 1 fully saturated rings. The van der Waals surface area contributed by atoms with E-state index in [4.69, 9.17) is 4.74 Å². The Labute approximate surface area is 169 Å². The maximum Gasteiger partial charge on any atom is 0.337 e. The van der Waals surface area contributed by atoms with Gasteiger partial charge in [-0.2, -0.15) is 0 Å². The molecule has 0 radical (unpaired) electrons. The van der Waals surface area contributed by atoms with Crippen LogP contribution in [0.4, 0.5) is 16.2 Å². The second kappa shape index (κ2) is 9.09.